The molecule has 1 fully saturated rings. The van der Waals surface area contributed by atoms with Gasteiger partial charge < -0.3 is 25.4 Å². The molecule has 8 nitrogen and oxygen atoms in total. The second-order valence-electron chi connectivity index (χ2n) is 8.74. The highest BCUT2D eigenvalue weighted by Crippen LogP contribution is 2.18. The zero-order valence-corrected chi connectivity index (χ0v) is 19.9. The monoisotopic (exact) mass is 467 g/mol. The predicted octanol–water partition coefficient (Wildman–Crippen LogP) is 2.47. The average Bonchev–Trinajstić information content (AvgIpc) is 3.65. The third-order valence-electron chi connectivity index (χ3n) is 5.54. The maximum Gasteiger partial charge on any atom is 0.258 e. The molecular weight excluding hydrogens is 434 g/mol. The van der Waals surface area contributed by atoms with Crippen molar-refractivity contribution in [1.82, 2.24) is 16.0 Å². The predicted molar refractivity (Wildman–Crippen MR) is 129 cm³/mol. The van der Waals surface area contributed by atoms with Gasteiger partial charge in [0, 0.05) is 18.2 Å². The molecule has 1 unspecified atom stereocenters. The highest BCUT2D eigenvalue weighted by Gasteiger charge is 2.25. The summed E-state index contributed by atoms with van der Waals surface area (Å²) < 4.78 is 10.6. The van der Waals surface area contributed by atoms with Crippen molar-refractivity contribution in [1.29, 1.82) is 0 Å². The number of carbonyl (C=O) groups excluding carboxylic acids is 3. The van der Waals surface area contributed by atoms with Gasteiger partial charge in [-0.05, 0) is 67.1 Å². The van der Waals surface area contributed by atoms with E-state index in [0.29, 0.717) is 36.1 Å². The van der Waals surface area contributed by atoms with Gasteiger partial charge in [0.25, 0.3) is 11.8 Å². The zero-order chi connectivity index (χ0) is 24.5. The molecule has 0 bridgehead atoms. The van der Waals surface area contributed by atoms with Crippen LogP contribution >= 0.6 is 0 Å². The van der Waals surface area contributed by atoms with Crippen LogP contribution in [-0.4, -0.2) is 50.1 Å². The van der Waals surface area contributed by atoms with Crippen molar-refractivity contribution in [2.24, 2.45) is 5.92 Å². The molecule has 182 valence electrons. The molecular formula is C26H33N3O5. The van der Waals surface area contributed by atoms with Crippen LogP contribution in [0.1, 0.15) is 42.6 Å². The van der Waals surface area contributed by atoms with Crippen molar-refractivity contribution in [3.8, 4) is 11.5 Å². The Balaban J connectivity index is 1.43. The quantitative estimate of drug-likeness (QED) is 0.445. The van der Waals surface area contributed by atoms with Crippen LogP contribution in [0.25, 0.3) is 0 Å². The molecule has 2 aromatic carbocycles. The fourth-order valence-corrected chi connectivity index (χ4v) is 3.34. The van der Waals surface area contributed by atoms with Gasteiger partial charge in [-0.15, -0.1) is 0 Å². The summed E-state index contributed by atoms with van der Waals surface area (Å²) in [5.74, 6) is 0.577. The molecule has 0 aliphatic heterocycles. The first-order chi connectivity index (χ1) is 16.4. The van der Waals surface area contributed by atoms with E-state index in [2.05, 4.69) is 16.0 Å². The summed E-state index contributed by atoms with van der Waals surface area (Å²) in [6.07, 6.45) is 2.72. The summed E-state index contributed by atoms with van der Waals surface area (Å²) in [5, 5.41) is 8.61. The molecule has 2 aromatic rings. The lowest BCUT2D eigenvalue weighted by Crippen LogP contribution is -2.50. The molecule has 3 amide bonds. The van der Waals surface area contributed by atoms with E-state index in [0.717, 1.165) is 18.4 Å². The van der Waals surface area contributed by atoms with E-state index in [-0.39, 0.29) is 30.2 Å². The number of methoxy groups -OCH3 is 1. The van der Waals surface area contributed by atoms with Crippen LogP contribution in [-0.2, 0) is 16.0 Å². The van der Waals surface area contributed by atoms with Crippen LogP contribution < -0.4 is 25.4 Å². The van der Waals surface area contributed by atoms with Crippen LogP contribution in [0, 0.1) is 5.92 Å². The fraction of sp³-hybridized carbons (Fsp3) is 0.423. The lowest BCUT2D eigenvalue weighted by atomic mass is 10.0. The van der Waals surface area contributed by atoms with Crippen LogP contribution in [0.4, 0.5) is 0 Å². The highest BCUT2D eigenvalue weighted by molar-refractivity contribution is 5.97. The molecule has 0 spiro atoms. The van der Waals surface area contributed by atoms with Gasteiger partial charge in [0.05, 0.1) is 7.11 Å². The highest BCUT2D eigenvalue weighted by atomic mass is 16.5. The molecule has 0 heterocycles. The molecule has 0 saturated heterocycles. The summed E-state index contributed by atoms with van der Waals surface area (Å²) in [6.45, 7) is 4.22. The summed E-state index contributed by atoms with van der Waals surface area (Å²) in [4.78, 5) is 37.0. The minimum Gasteiger partial charge on any atom is -0.497 e. The molecule has 1 atom stereocenters. The number of hydrogen-bond acceptors (Lipinski definition) is 5. The van der Waals surface area contributed by atoms with Crippen LogP contribution in [0.2, 0.25) is 0 Å². The van der Waals surface area contributed by atoms with Crippen molar-refractivity contribution in [2.75, 3.05) is 20.3 Å². The number of rotatable bonds is 12. The SMILES string of the molecule is COc1ccc(C(=O)NC(C(=O)NCCc2ccc(OCC(=O)NC3CC3)cc2)C(C)C)cc1. The fourth-order valence-electron chi connectivity index (χ4n) is 3.34. The minimum atomic E-state index is -0.646. The van der Waals surface area contributed by atoms with Crippen molar-refractivity contribution < 1.29 is 23.9 Å². The normalized spacial score (nSPS) is 13.6. The van der Waals surface area contributed by atoms with Gasteiger partial charge in [-0.1, -0.05) is 26.0 Å². The first-order valence-electron chi connectivity index (χ1n) is 11.6. The summed E-state index contributed by atoms with van der Waals surface area (Å²) in [7, 11) is 1.56. The number of amides is 3. The number of nitrogens with one attached hydrogen (secondary N) is 3. The lowest BCUT2D eigenvalue weighted by Gasteiger charge is -2.22. The van der Waals surface area contributed by atoms with Crippen molar-refractivity contribution in [2.45, 2.75) is 45.2 Å². The number of hydrogen-bond donors (Lipinski definition) is 3. The van der Waals surface area contributed by atoms with Crippen LogP contribution in [0.5, 0.6) is 11.5 Å². The molecule has 34 heavy (non-hydrogen) atoms. The maximum absolute atomic E-state index is 12.7. The first kappa shape index (κ1) is 25.1. The number of carbonyl (C=O) groups is 3. The molecule has 8 heteroatoms. The molecule has 1 aliphatic carbocycles. The van der Waals surface area contributed by atoms with E-state index in [1.54, 1.807) is 31.4 Å². The third kappa shape index (κ3) is 7.79. The number of benzene rings is 2. The molecule has 3 rings (SSSR count). The Labute approximate surface area is 200 Å². The van der Waals surface area contributed by atoms with Gasteiger partial charge in [0.1, 0.15) is 17.5 Å². The Morgan fingerprint density at radius 2 is 1.62 bits per heavy atom. The van der Waals surface area contributed by atoms with Crippen LogP contribution in [0.3, 0.4) is 0 Å². The van der Waals surface area contributed by atoms with E-state index in [1.807, 2.05) is 38.1 Å². The molecule has 0 radical (unpaired) electrons. The summed E-state index contributed by atoms with van der Waals surface area (Å²) in [6, 6.07) is 13.9. The zero-order valence-electron chi connectivity index (χ0n) is 19.9. The van der Waals surface area contributed by atoms with E-state index >= 15 is 0 Å². The van der Waals surface area contributed by atoms with Gasteiger partial charge in [0.15, 0.2) is 6.61 Å². The Kier molecular flexibility index (Phi) is 8.90. The Morgan fingerprint density at radius 1 is 0.971 bits per heavy atom. The largest absolute Gasteiger partial charge is 0.497 e. The van der Waals surface area contributed by atoms with Gasteiger partial charge in [0.2, 0.25) is 5.91 Å². The lowest BCUT2D eigenvalue weighted by molar-refractivity contribution is -0.124. The van der Waals surface area contributed by atoms with Gasteiger partial charge in [-0.25, -0.2) is 0 Å². The standard InChI is InChI=1S/C26H33N3O5/c1-17(2)24(29-25(31)19-6-12-21(33-3)13-7-19)26(32)27-15-14-18-4-10-22(11-5-18)34-16-23(30)28-20-8-9-20/h4-7,10-13,17,20,24H,8-9,14-16H2,1-3H3,(H,27,32)(H,28,30)(H,29,31). The first-order valence-corrected chi connectivity index (χ1v) is 11.6. The summed E-state index contributed by atoms with van der Waals surface area (Å²) in [5.41, 5.74) is 1.49. The van der Waals surface area contributed by atoms with Crippen LogP contribution in [0.15, 0.2) is 48.5 Å². The van der Waals surface area contributed by atoms with Gasteiger partial charge >= 0.3 is 0 Å². The smallest absolute Gasteiger partial charge is 0.258 e. The van der Waals surface area contributed by atoms with Crippen molar-refractivity contribution in [3.63, 3.8) is 0 Å². The summed E-state index contributed by atoms with van der Waals surface area (Å²) >= 11 is 0. The van der Waals surface area contributed by atoms with Gasteiger partial charge in [-0.3, -0.25) is 14.4 Å². The third-order valence-corrected chi connectivity index (χ3v) is 5.54. The second kappa shape index (κ2) is 12.1. The molecule has 1 aliphatic rings. The van der Waals surface area contributed by atoms with E-state index in [4.69, 9.17) is 9.47 Å². The van der Waals surface area contributed by atoms with Crippen molar-refractivity contribution >= 4 is 17.7 Å². The van der Waals surface area contributed by atoms with Gasteiger partial charge in [-0.2, -0.15) is 0 Å². The number of ether oxygens (including phenoxy) is 2. The Morgan fingerprint density at radius 3 is 2.21 bits per heavy atom. The minimum absolute atomic E-state index is 0.00470. The van der Waals surface area contributed by atoms with E-state index < -0.39 is 6.04 Å². The molecule has 3 N–H and O–H groups in total. The molecule has 1 saturated carbocycles. The van der Waals surface area contributed by atoms with Crippen molar-refractivity contribution in [3.05, 3.63) is 59.7 Å². The molecule has 0 aromatic heterocycles. The average molecular weight is 468 g/mol. The Bertz CT molecular complexity index is 969. The maximum atomic E-state index is 12.7. The topological polar surface area (TPSA) is 106 Å². The second-order valence-corrected chi connectivity index (χ2v) is 8.74. The Hall–Kier alpha value is -3.55. The van der Waals surface area contributed by atoms with E-state index in [1.165, 1.54) is 0 Å². The van der Waals surface area contributed by atoms with E-state index in [9.17, 15) is 14.4 Å².